The number of rotatable bonds is 0. The van der Waals surface area contributed by atoms with Gasteiger partial charge < -0.3 is 11.0 Å². The van der Waals surface area contributed by atoms with Crippen molar-refractivity contribution in [1.29, 1.82) is 0 Å². The van der Waals surface area contributed by atoms with Gasteiger partial charge in [0.15, 0.2) is 0 Å². The van der Waals surface area contributed by atoms with E-state index in [9.17, 15) is 0 Å². The maximum atomic E-state index is 0. The van der Waals surface area contributed by atoms with Crippen molar-refractivity contribution in [2.45, 2.75) is 7.43 Å². The van der Waals surface area contributed by atoms with E-state index in [1.807, 2.05) is 0 Å². The molecule has 30 valence electrons. The van der Waals surface area contributed by atoms with E-state index in [-0.39, 0.29) is 35.7 Å². The summed E-state index contributed by atoms with van der Waals surface area (Å²) in [4.78, 5) is 0. The van der Waals surface area contributed by atoms with E-state index in [0.717, 1.165) is 0 Å². The Hall–Kier alpha value is 0.452. The van der Waals surface area contributed by atoms with Gasteiger partial charge in [0.1, 0.15) is 0 Å². The molecule has 0 aromatic heterocycles. The van der Waals surface area contributed by atoms with Crippen molar-refractivity contribution in [3.05, 3.63) is 0 Å². The zero-order valence-corrected chi connectivity index (χ0v) is 2.68. The van der Waals surface area contributed by atoms with E-state index in [0.29, 0.717) is 0 Å². The maximum Gasteiger partial charge on any atom is 0 e. The summed E-state index contributed by atoms with van der Waals surface area (Å²) in [6, 6.07) is 0. The first-order valence-electron chi connectivity index (χ1n) is 0. The fourth-order valence-corrected chi connectivity index (χ4v) is 0. The van der Waals surface area contributed by atoms with Crippen LogP contribution in [0.3, 0.4) is 0 Å². The minimum absolute atomic E-state index is 0. The third-order valence-electron chi connectivity index (χ3n) is 0. The predicted molar refractivity (Wildman–Crippen MR) is 14.0 cm³/mol. The van der Waals surface area contributed by atoms with Gasteiger partial charge in [0, 0.05) is 17.4 Å². The molecule has 4 N–H and O–H groups in total. The molecule has 0 fully saturated rings. The van der Waals surface area contributed by atoms with Gasteiger partial charge in [-0.2, -0.15) is 0 Å². The molecular formula is CH8CrO2. The Bertz CT molecular complexity index is 6.00. The fraction of sp³-hybridized carbons (Fsp3) is 1.00. The van der Waals surface area contributed by atoms with Crippen molar-refractivity contribution < 1.29 is 28.3 Å². The Labute approximate surface area is 36.6 Å². The molecule has 0 heterocycles. The molecule has 0 aliphatic carbocycles. The predicted octanol–water partition coefficient (Wildman–Crippen LogP) is -1.02. The van der Waals surface area contributed by atoms with Crippen LogP contribution in [0.2, 0.25) is 0 Å². The first kappa shape index (κ1) is 259. The Morgan fingerprint density at radius 2 is 0.750 bits per heavy atom. The van der Waals surface area contributed by atoms with Gasteiger partial charge in [-0.05, 0) is 0 Å². The summed E-state index contributed by atoms with van der Waals surface area (Å²) in [5.41, 5.74) is 0. The largest absolute Gasteiger partial charge is 0.412 e. The third kappa shape index (κ3) is 25.3. The van der Waals surface area contributed by atoms with Gasteiger partial charge in [-0.1, -0.05) is 7.43 Å². The van der Waals surface area contributed by atoms with Crippen molar-refractivity contribution in [2.75, 3.05) is 0 Å². The van der Waals surface area contributed by atoms with E-state index in [1.165, 1.54) is 0 Å². The summed E-state index contributed by atoms with van der Waals surface area (Å²) >= 11 is 0. The molecule has 0 unspecified atom stereocenters. The van der Waals surface area contributed by atoms with Crippen molar-refractivity contribution in [3.8, 4) is 0 Å². The van der Waals surface area contributed by atoms with E-state index in [2.05, 4.69) is 0 Å². The number of hydrogen-bond donors (Lipinski definition) is 0. The quantitative estimate of drug-likeness (QED) is 0.378. The minimum atomic E-state index is 0. The van der Waals surface area contributed by atoms with Gasteiger partial charge in [0.05, 0.1) is 0 Å². The Kier molecular flexibility index (Phi) is 6570. The molecule has 0 radical (unpaired) electrons. The molecule has 0 bridgehead atoms. The fourth-order valence-electron chi connectivity index (χ4n) is 0. The zero-order valence-electron chi connectivity index (χ0n) is 1.41. The van der Waals surface area contributed by atoms with Crippen LogP contribution < -0.4 is 0 Å². The van der Waals surface area contributed by atoms with Gasteiger partial charge in [-0.3, -0.25) is 0 Å². The van der Waals surface area contributed by atoms with Gasteiger partial charge >= 0.3 is 0 Å². The van der Waals surface area contributed by atoms with E-state index < -0.39 is 0 Å². The molecule has 0 atom stereocenters. The molecule has 3 heteroatoms. The minimum Gasteiger partial charge on any atom is -0.412 e. The van der Waals surface area contributed by atoms with Crippen LogP contribution in [0, 0.1) is 0 Å². The molecule has 0 saturated carbocycles. The average Bonchev–Trinajstić information content (AvgIpc) is 0. The van der Waals surface area contributed by atoms with Crippen molar-refractivity contribution in [2.24, 2.45) is 0 Å². The van der Waals surface area contributed by atoms with Crippen molar-refractivity contribution in [1.82, 2.24) is 0 Å². The molecule has 0 aliphatic rings. The monoisotopic (exact) mass is 104 g/mol. The molecule has 2 nitrogen and oxygen atoms in total. The Morgan fingerprint density at radius 1 is 0.750 bits per heavy atom. The van der Waals surface area contributed by atoms with Crippen molar-refractivity contribution in [3.63, 3.8) is 0 Å². The van der Waals surface area contributed by atoms with E-state index in [4.69, 9.17) is 0 Å². The van der Waals surface area contributed by atoms with Gasteiger partial charge in [0.2, 0.25) is 0 Å². The zero-order chi connectivity index (χ0) is 0. The van der Waals surface area contributed by atoms with Crippen LogP contribution in [0.5, 0.6) is 0 Å². The molecule has 0 aromatic carbocycles. The standard InChI is InChI=1S/CH4.Cr.2H2O/h1H4;;2*1H2. The summed E-state index contributed by atoms with van der Waals surface area (Å²) in [7, 11) is 0. The normalized spacial score (nSPS) is 0. The number of hydrogen-bond acceptors (Lipinski definition) is 0. The van der Waals surface area contributed by atoms with Crippen LogP contribution in [0.15, 0.2) is 0 Å². The van der Waals surface area contributed by atoms with Crippen LogP contribution in [-0.2, 0) is 17.4 Å². The van der Waals surface area contributed by atoms with Gasteiger partial charge in [0.25, 0.3) is 0 Å². The second-order valence-electron chi connectivity index (χ2n) is 0. The smallest absolute Gasteiger partial charge is 0 e. The first-order chi connectivity index (χ1) is 0. The molecular weight excluding hydrogens is 96.0 g/mol. The average molecular weight is 104 g/mol. The molecule has 0 aliphatic heterocycles. The summed E-state index contributed by atoms with van der Waals surface area (Å²) in [6.45, 7) is 0. The summed E-state index contributed by atoms with van der Waals surface area (Å²) < 4.78 is 0. The molecule has 0 saturated heterocycles. The van der Waals surface area contributed by atoms with Crippen LogP contribution >= 0.6 is 0 Å². The molecule has 4 heavy (non-hydrogen) atoms. The Balaban J connectivity index is 0. The van der Waals surface area contributed by atoms with Crippen LogP contribution in [0.1, 0.15) is 7.43 Å². The second-order valence-corrected chi connectivity index (χ2v) is 0. The molecule has 0 amide bonds. The second kappa shape index (κ2) is 101. The van der Waals surface area contributed by atoms with Gasteiger partial charge in [-0.25, -0.2) is 0 Å². The SMILES string of the molecule is C.O.O.[Cr]. The summed E-state index contributed by atoms with van der Waals surface area (Å²) in [5.74, 6) is 0. The summed E-state index contributed by atoms with van der Waals surface area (Å²) in [6.07, 6.45) is 0. The molecule has 0 rings (SSSR count). The first-order valence-corrected chi connectivity index (χ1v) is 0. The molecule has 0 aromatic rings. The molecule has 0 spiro atoms. The van der Waals surface area contributed by atoms with Crippen LogP contribution in [0.4, 0.5) is 0 Å². The van der Waals surface area contributed by atoms with Crippen LogP contribution in [0.25, 0.3) is 0 Å². The third-order valence-corrected chi connectivity index (χ3v) is 0. The van der Waals surface area contributed by atoms with Gasteiger partial charge in [-0.15, -0.1) is 0 Å². The summed E-state index contributed by atoms with van der Waals surface area (Å²) in [5, 5.41) is 0. The van der Waals surface area contributed by atoms with E-state index in [1.54, 1.807) is 0 Å². The van der Waals surface area contributed by atoms with Crippen LogP contribution in [-0.4, -0.2) is 11.0 Å². The van der Waals surface area contributed by atoms with Crippen molar-refractivity contribution >= 4 is 0 Å². The topological polar surface area (TPSA) is 63.0 Å². The Morgan fingerprint density at radius 3 is 0.750 bits per heavy atom. The van der Waals surface area contributed by atoms with E-state index >= 15 is 0 Å². The maximum absolute atomic E-state index is 0.